The van der Waals surface area contributed by atoms with Crippen LogP contribution in [0, 0.1) is 11.3 Å². The van der Waals surface area contributed by atoms with E-state index in [-0.39, 0.29) is 0 Å². The topological polar surface area (TPSA) is 15.3 Å². The van der Waals surface area contributed by atoms with Crippen molar-refractivity contribution in [2.75, 3.05) is 14.1 Å². The third kappa shape index (κ3) is 3.72. The molecule has 0 heterocycles. The molecule has 2 nitrogen and oxygen atoms in total. The van der Waals surface area contributed by atoms with Gasteiger partial charge in [0, 0.05) is 18.1 Å². The SMILES string of the molecule is CNC1CCC(C)(C)CC1N(C)C1CCCC(C)C1. The van der Waals surface area contributed by atoms with Gasteiger partial charge in [0.15, 0.2) is 0 Å². The largest absolute Gasteiger partial charge is 0.315 e. The molecule has 19 heavy (non-hydrogen) atoms. The normalized spacial score (nSPS) is 39.5. The van der Waals surface area contributed by atoms with Gasteiger partial charge in [-0.3, -0.25) is 4.90 Å². The third-order valence-corrected chi connectivity index (χ3v) is 5.74. The molecule has 0 aromatic rings. The van der Waals surface area contributed by atoms with Crippen molar-refractivity contribution in [3.8, 4) is 0 Å². The summed E-state index contributed by atoms with van der Waals surface area (Å²) in [6.45, 7) is 7.33. The minimum Gasteiger partial charge on any atom is -0.315 e. The molecule has 2 heteroatoms. The van der Waals surface area contributed by atoms with Gasteiger partial charge in [-0.2, -0.15) is 0 Å². The molecule has 112 valence electrons. The summed E-state index contributed by atoms with van der Waals surface area (Å²) in [4.78, 5) is 2.73. The number of hydrogen-bond acceptors (Lipinski definition) is 2. The number of likely N-dealkylation sites (N-methyl/N-ethyl adjacent to an activating group) is 2. The van der Waals surface area contributed by atoms with Gasteiger partial charge in [0.2, 0.25) is 0 Å². The maximum atomic E-state index is 3.58. The first-order valence-electron chi connectivity index (χ1n) is 8.32. The molecular weight excluding hydrogens is 232 g/mol. The number of nitrogens with one attached hydrogen (secondary N) is 1. The highest BCUT2D eigenvalue weighted by molar-refractivity contribution is 4.95. The van der Waals surface area contributed by atoms with Gasteiger partial charge in [0.25, 0.3) is 0 Å². The van der Waals surface area contributed by atoms with Crippen LogP contribution >= 0.6 is 0 Å². The molecule has 1 N–H and O–H groups in total. The van der Waals surface area contributed by atoms with E-state index in [0.29, 0.717) is 11.5 Å². The quantitative estimate of drug-likeness (QED) is 0.838. The lowest BCUT2D eigenvalue weighted by Gasteiger charge is -2.48. The van der Waals surface area contributed by atoms with E-state index in [0.717, 1.165) is 18.0 Å². The molecule has 2 aliphatic rings. The Morgan fingerprint density at radius 2 is 1.89 bits per heavy atom. The Bertz CT molecular complexity index is 287. The van der Waals surface area contributed by atoms with Crippen molar-refractivity contribution in [1.29, 1.82) is 0 Å². The lowest BCUT2D eigenvalue weighted by atomic mass is 9.72. The van der Waals surface area contributed by atoms with Crippen LogP contribution in [0.1, 0.15) is 65.7 Å². The molecule has 0 saturated heterocycles. The van der Waals surface area contributed by atoms with Crippen LogP contribution in [-0.4, -0.2) is 37.1 Å². The van der Waals surface area contributed by atoms with Crippen molar-refractivity contribution in [2.45, 2.75) is 83.8 Å². The van der Waals surface area contributed by atoms with E-state index in [9.17, 15) is 0 Å². The molecule has 0 aromatic heterocycles. The Morgan fingerprint density at radius 1 is 1.16 bits per heavy atom. The zero-order valence-electron chi connectivity index (χ0n) is 13.7. The predicted molar refractivity (Wildman–Crippen MR) is 83.5 cm³/mol. The summed E-state index contributed by atoms with van der Waals surface area (Å²) in [5, 5.41) is 3.58. The van der Waals surface area contributed by atoms with E-state index in [1.165, 1.54) is 44.9 Å². The molecule has 0 spiro atoms. The van der Waals surface area contributed by atoms with Crippen molar-refractivity contribution in [1.82, 2.24) is 10.2 Å². The van der Waals surface area contributed by atoms with Gasteiger partial charge in [-0.05, 0) is 57.5 Å². The Kier molecular flexibility index (Phi) is 4.94. The summed E-state index contributed by atoms with van der Waals surface area (Å²) >= 11 is 0. The molecule has 2 saturated carbocycles. The first kappa shape index (κ1) is 15.3. The first-order chi connectivity index (χ1) is 8.93. The van der Waals surface area contributed by atoms with Crippen LogP contribution in [-0.2, 0) is 0 Å². The fourth-order valence-electron chi connectivity index (χ4n) is 4.36. The second-order valence-corrected chi connectivity index (χ2v) is 7.96. The summed E-state index contributed by atoms with van der Waals surface area (Å²) in [7, 11) is 4.53. The van der Waals surface area contributed by atoms with Crippen LogP contribution in [0.5, 0.6) is 0 Å². The minimum absolute atomic E-state index is 0.520. The Balaban J connectivity index is 2.03. The van der Waals surface area contributed by atoms with E-state index in [4.69, 9.17) is 0 Å². The molecule has 0 radical (unpaired) electrons. The lowest BCUT2D eigenvalue weighted by molar-refractivity contribution is 0.0383. The van der Waals surface area contributed by atoms with Gasteiger partial charge in [-0.1, -0.05) is 33.6 Å². The van der Waals surface area contributed by atoms with Gasteiger partial charge < -0.3 is 5.32 Å². The molecule has 0 bridgehead atoms. The maximum absolute atomic E-state index is 3.58. The van der Waals surface area contributed by atoms with E-state index in [1.54, 1.807) is 0 Å². The van der Waals surface area contributed by atoms with Crippen LogP contribution in [0.4, 0.5) is 0 Å². The van der Waals surface area contributed by atoms with Crippen molar-refractivity contribution in [3.05, 3.63) is 0 Å². The Morgan fingerprint density at radius 3 is 2.53 bits per heavy atom. The van der Waals surface area contributed by atoms with Crippen molar-refractivity contribution in [2.24, 2.45) is 11.3 Å². The van der Waals surface area contributed by atoms with Crippen molar-refractivity contribution < 1.29 is 0 Å². The van der Waals surface area contributed by atoms with Gasteiger partial charge >= 0.3 is 0 Å². The van der Waals surface area contributed by atoms with Crippen molar-refractivity contribution in [3.63, 3.8) is 0 Å². The first-order valence-corrected chi connectivity index (χ1v) is 8.32. The van der Waals surface area contributed by atoms with Crippen LogP contribution in [0.15, 0.2) is 0 Å². The second-order valence-electron chi connectivity index (χ2n) is 7.96. The zero-order valence-corrected chi connectivity index (χ0v) is 13.7. The number of hydrogen-bond donors (Lipinski definition) is 1. The fraction of sp³-hybridized carbons (Fsp3) is 1.00. The highest BCUT2D eigenvalue weighted by Crippen LogP contribution is 2.39. The minimum atomic E-state index is 0.520. The summed E-state index contributed by atoms with van der Waals surface area (Å²) in [5.74, 6) is 0.922. The predicted octanol–water partition coefficient (Wildman–Crippen LogP) is 3.66. The van der Waals surface area contributed by atoms with E-state index < -0.39 is 0 Å². The van der Waals surface area contributed by atoms with E-state index in [1.807, 2.05) is 0 Å². The average Bonchev–Trinajstić information content (AvgIpc) is 2.37. The summed E-state index contributed by atoms with van der Waals surface area (Å²) in [6, 6.07) is 2.23. The van der Waals surface area contributed by atoms with Crippen molar-refractivity contribution >= 4 is 0 Å². The summed E-state index contributed by atoms with van der Waals surface area (Å²) < 4.78 is 0. The summed E-state index contributed by atoms with van der Waals surface area (Å²) in [6.07, 6.45) is 9.73. The van der Waals surface area contributed by atoms with Gasteiger partial charge in [0.1, 0.15) is 0 Å². The molecule has 2 fully saturated rings. The molecule has 4 unspecified atom stereocenters. The standard InChI is InChI=1S/C17H34N2/c1-13-7-6-8-14(11-13)19(5)16-12-17(2,3)10-9-15(16)18-4/h13-16,18H,6-12H2,1-5H3. The molecule has 0 aliphatic heterocycles. The Labute approximate surface area is 120 Å². The van der Waals surface area contributed by atoms with Gasteiger partial charge in [0.05, 0.1) is 0 Å². The smallest absolute Gasteiger partial charge is 0.0254 e. The van der Waals surface area contributed by atoms with Crippen LogP contribution in [0.25, 0.3) is 0 Å². The number of rotatable bonds is 3. The van der Waals surface area contributed by atoms with Crippen LogP contribution in [0.3, 0.4) is 0 Å². The zero-order chi connectivity index (χ0) is 14.0. The highest BCUT2D eigenvalue weighted by Gasteiger charge is 2.38. The summed E-state index contributed by atoms with van der Waals surface area (Å²) in [5.41, 5.74) is 0.520. The molecular formula is C17H34N2. The molecule has 0 aromatic carbocycles. The third-order valence-electron chi connectivity index (χ3n) is 5.74. The fourth-order valence-corrected chi connectivity index (χ4v) is 4.36. The Hall–Kier alpha value is -0.0800. The maximum Gasteiger partial charge on any atom is 0.0254 e. The van der Waals surface area contributed by atoms with Gasteiger partial charge in [-0.15, -0.1) is 0 Å². The monoisotopic (exact) mass is 266 g/mol. The molecule has 2 aliphatic carbocycles. The average molecular weight is 266 g/mol. The van der Waals surface area contributed by atoms with Gasteiger partial charge in [-0.25, -0.2) is 0 Å². The van der Waals surface area contributed by atoms with E-state index in [2.05, 4.69) is 45.1 Å². The van der Waals surface area contributed by atoms with Crippen LogP contribution in [0.2, 0.25) is 0 Å². The molecule has 4 atom stereocenters. The highest BCUT2D eigenvalue weighted by atomic mass is 15.2. The molecule has 0 amide bonds. The lowest BCUT2D eigenvalue weighted by Crippen LogP contribution is -2.56. The number of nitrogens with zero attached hydrogens (tertiary/aromatic N) is 1. The van der Waals surface area contributed by atoms with Crippen LogP contribution < -0.4 is 5.32 Å². The molecule has 2 rings (SSSR count). The second kappa shape index (κ2) is 6.13. The van der Waals surface area contributed by atoms with E-state index >= 15 is 0 Å².